The molecule has 0 saturated carbocycles. The summed E-state index contributed by atoms with van der Waals surface area (Å²) in [7, 11) is -3.90. The van der Waals surface area contributed by atoms with Gasteiger partial charge in [0.2, 0.25) is 0 Å². The minimum atomic E-state index is -3.90. The zero-order valence-electron chi connectivity index (χ0n) is 16.5. The summed E-state index contributed by atoms with van der Waals surface area (Å²) in [4.78, 5) is 12.5. The van der Waals surface area contributed by atoms with E-state index in [1.165, 1.54) is 24.6 Å². The predicted molar refractivity (Wildman–Crippen MR) is 106 cm³/mol. The number of benzene rings is 1. The number of hydrogen-bond acceptors (Lipinski definition) is 5. The van der Waals surface area contributed by atoms with Gasteiger partial charge in [-0.25, -0.2) is 8.42 Å². The molecule has 0 amide bonds. The molecule has 0 saturated heterocycles. The number of furan rings is 1. The summed E-state index contributed by atoms with van der Waals surface area (Å²) in [5.41, 5.74) is 2.68. The number of aryl methyl sites for hydroxylation is 1. The summed E-state index contributed by atoms with van der Waals surface area (Å²) in [5.74, 6) is -0.122. The fraction of sp³-hybridized carbons (Fsp3) is 0.333. The van der Waals surface area contributed by atoms with Crippen LogP contribution in [0.5, 0.6) is 0 Å². The molecular formula is C21H25NO5S. The van der Waals surface area contributed by atoms with Crippen molar-refractivity contribution in [3.05, 3.63) is 72.5 Å². The van der Waals surface area contributed by atoms with Crippen molar-refractivity contribution in [2.24, 2.45) is 5.41 Å². The summed E-state index contributed by atoms with van der Waals surface area (Å²) in [6, 6.07) is 9.76. The molecule has 7 heteroatoms. The molecule has 2 aromatic rings. The van der Waals surface area contributed by atoms with Crippen LogP contribution in [0.3, 0.4) is 0 Å². The molecule has 1 aromatic heterocycles. The SMILES string of the molecule is C=C=CN(CC(OC(=O)C(C)(C)C)c1ccco1)S(=O)(=O)c1ccc(C)cc1. The Bertz CT molecular complexity index is 947. The predicted octanol–water partition coefficient (Wildman–Crippen LogP) is 4.21. The van der Waals surface area contributed by atoms with Gasteiger partial charge in [0.25, 0.3) is 10.0 Å². The lowest BCUT2D eigenvalue weighted by Gasteiger charge is -2.27. The Morgan fingerprint density at radius 1 is 1.29 bits per heavy atom. The smallest absolute Gasteiger partial charge is 0.312 e. The van der Waals surface area contributed by atoms with E-state index < -0.39 is 27.5 Å². The van der Waals surface area contributed by atoms with Crippen LogP contribution in [0, 0.1) is 12.3 Å². The van der Waals surface area contributed by atoms with Crippen molar-refractivity contribution in [3.63, 3.8) is 0 Å². The monoisotopic (exact) mass is 403 g/mol. The van der Waals surface area contributed by atoms with Gasteiger partial charge in [-0.05, 0) is 52.0 Å². The molecule has 0 aliphatic carbocycles. The lowest BCUT2D eigenvalue weighted by molar-refractivity contribution is -0.160. The summed E-state index contributed by atoms with van der Waals surface area (Å²) >= 11 is 0. The Hall–Kier alpha value is -2.76. The quantitative estimate of drug-likeness (QED) is 0.511. The normalized spacial score (nSPS) is 12.7. The van der Waals surface area contributed by atoms with Gasteiger partial charge in [0.05, 0.1) is 29.3 Å². The van der Waals surface area contributed by atoms with Gasteiger partial charge in [0.1, 0.15) is 5.76 Å². The fourth-order valence-electron chi connectivity index (χ4n) is 2.30. The Morgan fingerprint density at radius 2 is 1.93 bits per heavy atom. The van der Waals surface area contributed by atoms with E-state index in [0.717, 1.165) is 9.87 Å². The Morgan fingerprint density at radius 3 is 2.43 bits per heavy atom. The first-order chi connectivity index (χ1) is 13.1. The van der Waals surface area contributed by atoms with Gasteiger partial charge in [0.15, 0.2) is 6.10 Å². The van der Waals surface area contributed by atoms with E-state index >= 15 is 0 Å². The first-order valence-corrected chi connectivity index (χ1v) is 10.2. The van der Waals surface area contributed by atoms with Crippen molar-refractivity contribution in [1.82, 2.24) is 4.31 Å². The fourth-order valence-corrected chi connectivity index (χ4v) is 3.59. The molecular weight excluding hydrogens is 378 g/mol. The topological polar surface area (TPSA) is 76.8 Å². The van der Waals surface area contributed by atoms with E-state index in [1.54, 1.807) is 45.0 Å². The number of sulfonamides is 1. The molecule has 1 atom stereocenters. The zero-order chi connectivity index (χ0) is 20.9. The molecule has 0 fully saturated rings. The Balaban J connectivity index is 2.38. The van der Waals surface area contributed by atoms with Crippen LogP contribution in [0.4, 0.5) is 0 Å². The third-order valence-electron chi connectivity index (χ3n) is 3.93. The largest absolute Gasteiger partial charge is 0.465 e. The third-order valence-corrected chi connectivity index (χ3v) is 5.67. The van der Waals surface area contributed by atoms with Crippen LogP contribution in [0.15, 0.2) is 70.5 Å². The zero-order valence-corrected chi connectivity index (χ0v) is 17.3. The standard InChI is InChI=1S/C21H25NO5S/c1-6-13-22(28(24,25)17-11-9-16(2)10-12-17)15-19(18-8-7-14-26-18)27-20(23)21(3,4)5/h7-14,19H,1,15H2,2-5H3. The second kappa shape index (κ2) is 8.50. The number of rotatable bonds is 7. The molecule has 0 aliphatic heterocycles. The van der Waals surface area contributed by atoms with Crippen LogP contribution in [0.25, 0.3) is 0 Å². The van der Waals surface area contributed by atoms with Crippen LogP contribution < -0.4 is 0 Å². The van der Waals surface area contributed by atoms with E-state index in [4.69, 9.17) is 9.15 Å². The maximum atomic E-state index is 13.1. The van der Waals surface area contributed by atoms with Gasteiger partial charge >= 0.3 is 5.97 Å². The number of esters is 1. The second-order valence-corrected chi connectivity index (χ2v) is 9.27. The highest BCUT2D eigenvalue weighted by molar-refractivity contribution is 7.89. The van der Waals surface area contributed by atoms with Crippen LogP contribution in [-0.4, -0.2) is 25.2 Å². The van der Waals surface area contributed by atoms with Crippen LogP contribution in [0.2, 0.25) is 0 Å². The van der Waals surface area contributed by atoms with Crippen molar-refractivity contribution >= 4 is 16.0 Å². The lowest BCUT2D eigenvalue weighted by Crippen LogP contribution is -2.34. The van der Waals surface area contributed by atoms with Gasteiger partial charge < -0.3 is 9.15 Å². The molecule has 2 rings (SSSR count). The minimum absolute atomic E-state index is 0.116. The highest BCUT2D eigenvalue weighted by Gasteiger charge is 2.32. The number of hydrogen-bond donors (Lipinski definition) is 0. The molecule has 150 valence electrons. The van der Waals surface area contributed by atoms with Crippen LogP contribution >= 0.6 is 0 Å². The van der Waals surface area contributed by atoms with Crippen LogP contribution in [-0.2, 0) is 19.6 Å². The molecule has 1 unspecified atom stereocenters. The van der Waals surface area contributed by atoms with E-state index in [1.807, 2.05) is 6.92 Å². The molecule has 0 N–H and O–H groups in total. The van der Waals surface area contributed by atoms with E-state index in [-0.39, 0.29) is 11.4 Å². The van der Waals surface area contributed by atoms with Crippen molar-refractivity contribution in [1.29, 1.82) is 0 Å². The first-order valence-electron chi connectivity index (χ1n) is 8.74. The number of carbonyl (C=O) groups excluding carboxylic acids is 1. The van der Waals surface area contributed by atoms with Crippen molar-refractivity contribution in [2.45, 2.75) is 38.7 Å². The highest BCUT2D eigenvalue weighted by atomic mass is 32.2. The van der Waals surface area contributed by atoms with E-state index in [9.17, 15) is 13.2 Å². The Kier molecular flexibility index (Phi) is 6.54. The maximum Gasteiger partial charge on any atom is 0.312 e. The van der Waals surface area contributed by atoms with Crippen LogP contribution in [0.1, 0.15) is 38.2 Å². The minimum Gasteiger partial charge on any atom is -0.465 e. The lowest BCUT2D eigenvalue weighted by atomic mass is 9.97. The average molecular weight is 404 g/mol. The average Bonchev–Trinajstić information content (AvgIpc) is 3.14. The first kappa shape index (κ1) is 21.5. The van der Waals surface area contributed by atoms with Crippen molar-refractivity contribution in [2.75, 3.05) is 6.54 Å². The second-order valence-electron chi connectivity index (χ2n) is 7.38. The summed E-state index contributed by atoms with van der Waals surface area (Å²) in [6.45, 7) is 10.3. The van der Waals surface area contributed by atoms with E-state index in [2.05, 4.69) is 12.3 Å². The van der Waals surface area contributed by atoms with E-state index in [0.29, 0.717) is 5.76 Å². The van der Waals surface area contributed by atoms with Gasteiger partial charge in [-0.15, -0.1) is 5.73 Å². The van der Waals surface area contributed by atoms with Gasteiger partial charge in [-0.3, -0.25) is 9.10 Å². The van der Waals surface area contributed by atoms with Crippen molar-refractivity contribution in [3.8, 4) is 0 Å². The number of carbonyl (C=O) groups is 1. The molecule has 1 aromatic carbocycles. The molecule has 6 nitrogen and oxygen atoms in total. The Labute approximate surface area is 166 Å². The summed E-state index contributed by atoms with van der Waals surface area (Å²) in [5, 5.41) is 0. The summed E-state index contributed by atoms with van der Waals surface area (Å²) < 4.78 is 38.2. The summed E-state index contributed by atoms with van der Waals surface area (Å²) in [6.07, 6.45) is 1.73. The number of nitrogens with zero attached hydrogens (tertiary/aromatic N) is 1. The van der Waals surface area contributed by atoms with Crippen molar-refractivity contribution < 1.29 is 22.4 Å². The molecule has 28 heavy (non-hydrogen) atoms. The number of ether oxygens (including phenoxy) is 1. The molecule has 1 heterocycles. The molecule has 0 spiro atoms. The van der Waals surface area contributed by atoms with Gasteiger partial charge in [-0.2, -0.15) is 0 Å². The van der Waals surface area contributed by atoms with Gasteiger partial charge in [0, 0.05) is 0 Å². The third kappa shape index (κ3) is 5.15. The maximum absolute atomic E-state index is 13.1. The molecule has 0 radical (unpaired) electrons. The molecule has 0 aliphatic rings. The van der Waals surface area contributed by atoms with Gasteiger partial charge in [-0.1, -0.05) is 24.3 Å². The highest BCUT2D eigenvalue weighted by Crippen LogP contribution is 2.27. The molecule has 0 bridgehead atoms.